The Hall–Kier alpha value is -1.57. The molecule has 2 aromatic rings. The maximum atomic E-state index is 11.9. The first-order valence-electron chi connectivity index (χ1n) is 6.20. The summed E-state index contributed by atoms with van der Waals surface area (Å²) in [6.45, 7) is 1.96. The van der Waals surface area contributed by atoms with Crippen LogP contribution >= 0.6 is 15.9 Å². The third-order valence-electron chi connectivity index (χ3n) is 3.14. The molecule has 0 spiro atoms. The molecule has 0 aromatic heterocycles. The van der Waals surface area contributed by atoms with Crippen LogP contribution in [-0.2, 0) is 10.0 Å². The van der Waals surface area contributed by atoms with Crippen LogP contribution < -0.4 is 15.8 Å². The van der Waals surface area contributed by atoms with E-state index < -0.39 is 10.0 Å². The van der Waals surface area contributed by atoms with Gasteiger partial charge in [-0.05, 0) is 49.9 Å². The lowest BCUT2D eigenvalue weighted by molar-refractivity contribution is 0.588. The van der Waals surface area contributed by atoms with Gasteiger partial charge in [-0.1, -0.05) is 22.0 Å². The number of nitrogen functional groups attached to an aromatic ring is 1. The van der Waals surface area contributed by atoms with E-state index >= 15 is 0 Å². The number of hydrogen-bond acceptors (Lipinski definition) is 4. The molecule has 0 saturated heterocycles. The summed E-state index contributed by atoms with van der Waals surface area (Å²) in [7, 11) is -2.13. The number of halogens is 1. The fourth-order valence-corrected chi connectivity index (χ4v) is 2.94. The molecule has 0 radical (unpaired) electrons. The zero-order chi connectivity index (χ0) is 15.6. The van der Waals surface area contributed by atoms with Crippen LogP contribution in [0.2, 0.25) is 0 Å². The molecule has 0 amide bonds. The van der Waals surface area contributed by atoms with Gasteiger partial charge in [0, 0.05) is 10.2 Å². The fraction of sp³-hybridized carbons (Fsp3) is 0.143. The first-order valence-corrected chi connectivity index (χ1v) is 8.48. The van der Waals surface area contributed by atoms with E-state index in [-0.39, 0.29) is 4.90 Å². The van der Waals surface area contributed by atoms with E-state index in [0.29, 0.717) is 11.4 Å². The van der Waals surface area contributed by atoms with E-state index in [1.54, 1.807) is 6.07 Å². The Bertz CT molecular complexity index is 776. The second-order valence-corrected chi connectivity index (χ2v) is 7.23. The molecule has 0 fully saturated rings. The second kappa shape index (κ2) is 6.05. The van der Waals surface area contributed by atoms with Crippen molar-refractivity contribution in [3.8, 4) is 0 Å². The Morgan fingerprint density at radius 3 is 2.52 bits per heavy atom. The van der Waals surface area contributed by atoms with Gasteiger partial charge in [0.05, 0.1) is 16.3 Å². The molecule has 0 aliphatic rings. The van der Waals surface area contributed by atoms with Gasteiger partial charge in [0.15, 0.2) is 0 Å². The smallest absolute Gasteiger partial charge is 0.240 e. The van der Waals surface area contributed by atoms with Crippen LogP contribution in [0.5, 0.6) is 0 Å². The second-order valence-electron chi connectivity index (χ2n) is 4.49. The molecule has 0 saturated carbocycles. The number of benzene rings is 2. The fourth-order valence-electron chi connectivity index (χ4n) is 1.82. The van der Waals surface area contributed by atoms with Gasteiger partial charge in [0.2, 0.25) is 10.0 Å². The van der Waals surface area contributed by atoms with Gasteiger partial charge in [0.1, 0.15) is 0 Å². The minimum absolute atomic E-state index is 0.161. The molecule has 0 unspecified atom stereocenters. The third kappa shape index (κ3) is 3.37. The minimum Gasteiger partial charge on any atom is -0.397 e. The van der Waals surface area contributed by atoms with Crippen molar-refractivity contribution in [3.05, 3.63) is 46.4 Å². The highest BCUT2D eigenvalue weighted by Gasteiger charge is 2.13. The van der Waals surface area contributed by atoms with Crippen molar-refractivity contribution in [3.63, 3.8) is 0 Å². The number of sulfonamides is 1. The van der Waals surface area contributed by atoms with Crippen LogP contribution in [0.1, 0.15) is 5.56 Å². The highest BCUT2D eigenvalue weighted by molar-refractivity contribution is 9.10. The van der Waals surface area contributed by atoms with Crippen LogP contribution in [0.3, 0.4) is 0 Å². The first kappa shape index (κ1) is 15.8. The Morgan fingerprint density at radius 1 is 1.14 bits per heavy atom. The molecular weight excluding hydrogens is 354 g/mol. The number of rotatable bonds is 4. The molecule has 0 aliphatic heterocycles. The van der Waals surface area contributed by atoms with E-state index in [1.165, 1.54) is 19.2 Å². The van der Waals surface area contributed by atoms with E-state index in [1.807, 2.05) is 25.1 Å². The van der Waals surface area contributed by atoms with Crippen molar-refractivity contribution in [1.82, 2.24) is 4.72 Å². The Kier molecular flexibility index (Phi) is 4.55. The van der Waals surface area contributed by atoms with Crippen LogP contribution in [0.25, 0.3) is 0 Å². The molecule has 0 bridgehead atoms. The molecular formula is C14H16BrN3O2S. The SMILES string of the molecule is CNS(=O)(=O)c1ccc(N)c(Nc2cccc(Br)c2C)c1. The lowest BCUT2D eigenvalue weighted by Crippen LogP contribution is -2.18. The normalized spacial score (nSPS) is 11.4. The molecule has 0 heterocycles. The first-order chi connectivity index (χ1) is 9.85. The highest BCUT2D eigenvalue weighted by atomic mass is 79.9. The molecule has 112 valence electrons. The van der Waals surface area contributed by atoms with Gasteiger partial charge >= 0.3 is 0 Å². The molecule has 21 heavy (non-hydrogen) atoms. The van der Waals surface area contributed by atoms with Crippen LogP contribution in [0.15, 0.2) is 45.8 Å². The number of hydrogen-bond donors (Lipinski definition) is 3. The van der Waals surface area contributed by atoms with Gasteiger partial charge < -0.3 is 11.1 Å². The van der Waals surface area contributed by atoms with Crippen molar-refractivity contribution in [1.29, 1.82) is 0 Å². The van der Waals surface area contributed by atoms with Gasteiger partial charge in [-0.2, -0.15) is 0 Å². The maximum Gasteiger partial charge on any atom is 0.240 e. The average Bonchev–Trinajstić information content (AvgIpc) is 2.46. The standard InChI is InChI=1S/C14H16BrN3O2S/c1-9-11(15)4-3-5-13(9)18-14-8-10(6-7-12(14)16)21(19,20)17-2/h3-8,17-18H,16H2,1-2H3. The quantitative estimate of drug-likeness (QED) is 0.723. The van der Waals surface area contributed by atoms with Crippen LogP contribution in [0, 0.1) is 6.92 Å². The molecule has 5 nitrogen and oxygen atoms in total. The van der Waals surface area contributed by atoms with Crippen molar-refractivity contribution >= 4 is 43.0 Å². The third-order valence-corrected chi connectivity index (χ3v) is 5.41. The summed E-state index contributed by atoms with van der Waals surface area (Å²) >= 11 is 3.46. The van der Waals surface area contributed by atoms with Crippen LogP contribution in [-0.4, -0.2) is 15.5 Å². The summed E-state index contributed by atoms with van der Waals surface area (Å²) < 4.78 is 26.9. The summed E-state index contributed by atoms with van der Waals surface area (Å²) in [5, 5.41) is 3.17. The molecule has 2 aromatic carbocycles. The largest absolute Gasteiger partial charge is 0.397 e. The molecule has 7 heteroatoms. The lowest BCUT2D eigenvalue weighted by Gasteiger charge is -2.14. The minimum atomic E-state index is -3.50. The Balaban J connectivity index is 2.45. The van der Waals surface area contributed by atoms with Crippen molar-refractivity contribution in [2.45, 2.75) is 11.8 Å². The molecule has 2 rings (SSSR count). The number of anilines is 3. The molecule has 0 aliphatic carbocycles. The van der Waals surface area contributed by atoms with Crippen molar-refractivity contribution in [2.24, 2.45) is 0 Å². The van der Waals surface area contributed by atoms with E-state index in [0.717, 1.165) is 15.7 Å². The van der Waals surface area contributed by atoms with Crippen LogP contribution in [0.4, 0.5) is 17.1 Å². The number of nitrogens with two attached hydrogens (primary N) is 1. The predicted molar refractivity (Wildman–Crippen MR) is 89.3 cm³/mol. The van der Waals surface area contributed by atoms with Crippen molar-refractivity contribution < 1.29 is 8.42 Å². The topological polar surface area (TPSA) is 84.2 Å². The van der Waals surface area contributed by atoms with E-state index in [9.17, 15) is 8.42 Å². The molecule has 4 N–H and O–H groups in total. The molecule has 0 atom stereocenters. The van der Waals surface area contributed by atoms with E-state index in [2.05, 4.69) is 26.0 Å². The summed E-state index contributed by atoms with van der Waals surface area (Å²) in [6, 6.07) is 10.3. The summed E-state index contributed by atoms with van der Waals surface area (Å²) in [5.41, 5.74) is 8.81. The summed E-state index contributed by atoms with van der Waals surface area (Å²) in [6.07, 6.45) is 0. The highest BCUT2D eigenvalue weighted by Crippen LogP contribution is 2.30. The van der Waals surface area contributed by atoms with Gasteiger partial charge in [0.25, 0.3) is 0 Å². The van der Waals surface area contributed by atoms with Gasteiger partial charge in [-0.25, -0.2) is 13.1 Å². The van der Waals surface area contributed by atoms with Crippen molar-refractivity contribution in [2.75, 3.05) is 18.1 Å². The summed E-state index contributed by atoms with van der Waals surface area (Å²) in [5.74, 6) is 0. The number of nitrogens with one attached hydrogen (secondary N) is 2. The van der Waals surface area contributed by atoms with Gasteiger partial charge in [-0.15, -0.1) is 0 Å². The zero-order valence-electron chi connectivity index (χ0n) is 11.6. The Labute approximate surface area is 132 Å². The average molecular weight is 370 g/mol. The maximum absolute atomic E-state index is 11.9. The predicted octanol–water partition coefficient (Wildman–Crippen LogP) is 2.99. The van der Waals surface area contributed by atoms with E-state index in [4.69, 9.17) is 5.73 Å². The zero-order valence-corrected chi connectivity index (χ0v) is 14.0. The monoisotopic (exact) mass is 369 g/mol. The Morgan fingerprint density at radius 2 is 1.86 bits per heavy atom. The lowest BCUT2D eigenvalue weighted by atomic mass is 10.2. The summed E-state index contributed by atoms with van der Waals surface area (Å²) in [4.78, 5) is 0.161. The van der Waals surface area contributed by atoms with Gasteiger partial charge in [-0.3, -0.25) is 0 Å².